The van der Waals surface area contributed by atoms with Crippen LogP contribution < -0.4 is 5.14 Å². The summed E-state index contributed by atoms with van der Waals surface area (Å²) in [5.41, 5.74) is 0.852. The molecule has 0 bridgehead atoms. The van der Waals surface area contributed by atoms with Crippen molar-refractivity contribution >= 4 is 33.5 Å². The highest BCUT2D eigenvalue weighted by Crippen LogP contribution is 2.21. The third-order valence-corrected chi connectivity index (χ3v) is 4.32. The molecule has 0 saturated carbocycles. The fraction of sp³-hybridized carbons (Fsp3) is 0. The van der Waals surface area contributed by atoms with Gasteiger partial charge in [-0.15, -0.1) is 11.3 Å². The molecule has 5 nitrogen and oxygen atoms in total. The Morgan fingerprint density at radius 1 is 1.31 bits per heavy atom. The zero-order chi connectivity index (χ0) is 11.6. The quantitative estimate of drug-likeness (QED) is 0.866. The Hall–Kier alpha value is -1.44. The molecule has 3 N–H and O–H groups in total. The molecule has 16 heavy (non-hydrogen) atoms. The van der Waals surface area contributed by atoms with E-state index >= 15 is 0 Å². The molecule has 84 valence electrons. The molecule has 0 fully saturated rings. The second-order valence-corrected chi connectivity index (χ2v) is 5.95. The van der Waals surface area contributed by atoms with Gasteiger partial charge in [-0.3, -0.25) is 5.10 Å². The number of nitrogens with two attached hydrogens (primary N) is 1. The van der Waals surface area contributed by atoms with Gasteiger partial charge in [-0.2, -0.15) is 5.10 Å². The smallest absolute Gasteiger partial charge is 0.247 e. The van der Waals surface area contributed by atoms with Crippen LogP contribution in [0.1, 0.15) is 10.6 Å². The van der Waals surface area contributed by atoms with Gasteiger partial charge in [0.2, 0.25) is 10.0 Å². The van der Waals surface area contributed by atoms with E-state index in [0.29, 0.717) is 0 Å². The Kier molecular flexibility index (Phi) is 2.90. The fourth-order valence-corrected chi connectivity index (χ4v) is 2.76. The van der Waals surface area contributed by atoms with Crippen molar-refractivity contribution in [2.24, 2.45) is 5.14 Å². The number of rotatable bonds is 3. The van der Waals surface area contributed by atoms with Gasteiger partial charge >= 0.3 is 0 Å². The van der Waals surface area contributed by atoms with Crippen LogP contribution in [0.3, 0.4) is 0 Å². The summed E-state index contributed by atoms with van der Waals surface area (Å²) in [5, 5.41) is 11.6. The molecule has 0 aliphatic heterocycles. The van der Waals surface area contributed by atoms with Gasteiger partial charge in [0.25, 0.3) is 0 Å². The number of primary sulfonamides is 1. The van der Waals surface area contributed by atoms with Crippen LogP contribution in [0.5, 0.6) is 0 Å². The highest BCUT2D eigenvalue weighted by molar-refractivity contribution is 7.91. The average Bonchev–Trinajstić information content (AvgIpc) is 2.85. The lowest BCUT2D eigenvalue weighted by Crippen LogP contribution is -2.09. The third-order valence-electron chi connectivity index (χ3n) is 1.83. The second-order valence-electron chi connectivity index (χ2n) is 3.05. The molecule has 0 spiro atoms. The number of nitrogens with zero attached hydrogens (tertiary/aromatic N) is 1. The second kappa shape index (κ2) is 4.20. The van der Waals surface area contributed by atoms with Crippen molar-refractivity contribution in [3.8, 4) is 0 Å². The number of H-pyrrole nitrogens is 1. The molecule has 2 aromatic rings. The van der Waals surface area contributed by atoms with E-state index < -0.39 is 10.0 Å². The first-order chi connectivity index (χ1) is 7.55. The SMILES string of the molecule is NS(=O)(=O)c1ccc(/C=C/c2ccn[nH]2)s1. The predicted octanol–water partition coefficient (Wildman–Crippen LogP) is 1.29. The topological polar surface area (TPSA) is 88.8 Å². The Balaban J connectivity index is 2.21. The number of hydrogen-bond acceptors (Lipinski definition) is 4. The first kappa shape index (κ1) is 11.1. The molecule has 0 aliphatic rings. The van der Waals surface area contributed by atoms with E-state index in [4.69, 9.17) is 5.14 Å². The van der Waals surface area contributed by atoms with Gasteiger partial charge in [0.05, 0.1) is 5.69 Å². The minimum absolute atomic E-state index is 0.164. The van der Waals surface area contributed by atoms with Crippen LogP contribution in [0.15, 0.2) is 28.6 Å². The summed E-state index contributed by atoms with van der Waals surface area (Å²) >= 11 is 1.13. The molecule has 0 unspecified atom stereocenters. The van der Waals surface area contributed by atoms with Crippen molar-refractivity contribution in [3.63, 3.8) is 0 Å². The Morgan fingerprint density at radius 2 is 2.12 bits per heavy atom. The molecule has 0 aliphatic carbocycles. The summed E-state index contributed by atoms with van der Waals surface area (Å²) in [7, 11) is -3.59. The Bertz CT molecular complexity index is 596. The number of aromatic nitrogens is 2. The number of thiophene rings is 1. The molecule has 2 heterocycles. The molecule has 0 aromatic carbocycles. The van der Waals surface area contributed by atoms with E-state index in [0.717, 1.165) is 21.9 Å². The van der Waals surface area contributed by atoms with E-state index in [1.54, 1.807) is 18.3 Å². The van der Waals surface area contributed by atoms with Gasteiger partial charge in [-0.1, -0.05) is 0 Å². The predicted molar refractivity (Wildman–Crippen MR) is 63.2 cm³/mol. The maximum atomic E-state index is 11.0. The molecule has 2 rings (SSSR count). The van der Waals surface area contributed by atoms with Crippen LogP contribution in [-0.4, -0.2) is 18.6 Å². The standard InChI is InChI=1S/C9H9N3O2S2/c10-16(13,14)9-4-3-8(15-9)2-1-7-5-6-11-12-7/h1-6H,(H,11,12)(H2,10,13,14)/b2-1+. The minimum atomic E-state index is -3.59. The van der Waals surface area contributed by atoms with Gasteiger partial charge in [0.15, 0.2) is 0 Å². The van der Waals surface area contributed by atoms with E-state index in [-0.39, 0.29) is 4.21 Å². The summed E-state index contributed by atoms with van der Waals surface area (Å²) in [6, 6.07) is 5.01. The normalized spacial score (nSPS) is 12.3. The summed E-state index contributed by atoms with van der Waals surface area (Å²) < 4.78 is 22.2. The summed E-state index contributed by atoms with van der Waals surface area (Å²) in [6.07, 6.45) is 5.25. The van der Waals surface area contributed by atoms with Gasteiger partial charge in [-0.25, -0.2) is 13.6 Å². The average molecular weight is 255 g/mol. The van der Waals surface area contributed by atoms with Gasteiger partial charge in [-0.05, 0) is 30.4 Å². The van der Waals surface area contributed by atoms with Crippen LogP contribution in [0.2, 0.25) is 0 Å². The highest BCUT2D eigenvalue weighted by atomic mass is 32.2. The van der Waals surface area contributed by atoms with Crippen molar-refractivity contribution in [3.05, 3.63) is 35.0 Å². The molecule has 0 saturated heterocycles. The van der Waals surface area contributed by atoms with Crippen LogP contribution in [-0.2, 0) is 10.0 Å². The molecular formula is C9H9N3O2S2. The zero-order valence-corrected chi connectivity index (χ0v) is 9.75. The van der Waals surface area contributed by atoms with Crippen molar-refractivity contribution in [2.75, 3.05) is 0 Å². The highest BCUT2D eigenvalue weighted by Gasteiger charge is 2.09. The summed E-state index contributed by atoms with van der Waals surface area (Å²) in [4.78, 5) is 0.818. The maximum absolute atomic E-state index is 11.0. The van der Waals surface area contributed by atoms with Crippen molar-refractivity contribution in [2.45, 2.75) is 4.21 Å². The van der Waals surface area contributed by atoms with Crippen molar-refractivity contribution < 1.29 is 8.42 Å². The lowest BCUT2D eigenvalue weighted by molar-refractivity contribution is 0.600. The molecule has 0 atom stereocenters. The first-order valence-corrected chi connectivity index (χ1v) is 6.72. The lowest BCUT2D eigenvalue weighted by atomic mass is 10.3. The van der Waals surface area contributed by atoms with Crippen LogP contribution >= 0.6 is 11.3 Å². The Morgan fingerprint density at radius 3 is 2.69 bits per heavy atom. The van der Waals surface area contributed by atoms with E-state index in [2.05, 4.69) is 10.2 Å². The summed E-state index contributed by atoms with van der Waals surface area (Å²) in [5.74, 6) is 0. The molecular weight excluding hydrogens is 246 g/mol. The molecule has 0 amide bonds. The van der Waals surface area contributed by atoms with Crippen molar-refractivity contribution in [1.82, 2.24) is 10.2 Å². The van der Waals surface area contributed by atoms with E-state index in [1.165, 1.54) is 6.07 Å². The van der Waals surface area contributed by atoms with Crippen LogP contribution in [0.25, 0.3) is 12.2 Å². The number of aromatic amines is 1. The largest absolute Gasteiger partial charge is 0.278 e. The van der Waals surface area contributed by atoms with Gasteiger partial charge in [0.1, 0.15) is 4.21 Å². The third kappa shape index (κ3) is 2.57. The Labute approximate surface area is 96.7 Å². The maximum Gasteiger partial charge on any atom is 0.247 e. The number of nitrogens with one attached hydrogen (secondary N) is 1. The van der Waals surface area contributed by atoms with Crippen LogP contribution in [0.4, 0.5) is 0 Å². The van der Waals surface area contributed by atoms with E-state index in [1.807, 2.05) is 12.1 Å². The monoisotopic (exact) mass is 255 g/mol. The van der Waals surface area contributed by atoms with Crippen molar-refractivity contribution in [1.29, 1.82) is 0 Å². The minimum Gasteiger partial charge on any atom is -0.278 e. The van der Waals surface area contributed by atoms with Gasteiger partial charge in [0, 0.05) is 11.1 Å². The van der Waals surface area contributed by atoms with Gasteiger partial charge < -0.3 is 0 Å². The van der Waals surface area contributed by atoms with E-state index in [9.17, 15) is 8.42 Å². The van der Waals surface area contributed by atoms with Crippen LogP contribution in [0, 0.1) is 0 Å². The number of sulfonamides is 1. The first-order valence-electron chi connectivity index (χ1n) is 4.36. The molecule has 2 aromatic heterocycles. The fourth-order valence-electron chi connectivity index (χ4n) is 1.11. The molecule has 0 radical (unpaired) electrons. The number of hydrogen-bond donors (Lipinski definition) is 2. The molecule has 7 heteroatoms. The summed E-state index contributed by atoms with van der Waals surface area (Å²) in [6.45, 7) is 0. The lowest BCUT2D eigenvalue weighted by Gasteiger charge is -1.88. The zero-order valence-electron chi connectivity index (χ0n) is 8.12.